The summed E-state index contributed by atoms with van der Waals surface area (Å²) in [5, 5.41) is 2.92. The number of rotatable bonds is 4. The summed E-state index contributed by atoms with van der Waals surface area (Å²) in [6.45, 7) is 4.57. The van der Waals surface area contributed by atoms with Crippen molar-refractivity contribution in [2.24, 2.45) is 0 Å². The van der Waals surface area contributed by atoms with Crippen LogP contribution in [-0.4, -0.2) is 0 Å². The van der Waals surface area contributed by atoms with E-state index in [0.717, 1.165) is 12.8 Å². The first kappa shape index (κ1) is 15.9. The fourth-order valence-electron chi connectivity index (χ4n) is 3.90. The summed E-state index contributed by atoms with van der Waals surface area (Å²) in [5.41, 5.74) is 6.95. The van der Waals surface area contributed by atoms with Crippen molar-refractivity contribution in [3.63, 3.8) is 0 Å². The molecule has 0 heteroatoms. The predicted molar refractivity (Wildman–Crippen MR) is 108 cm³/mol. The molecule has 0 nitrogen and oxygen atoms in total. The molecule has 0 saturated heterocycles. The average molecular weight is 324 g/mol. The fraction of sp³-hybridized carbons (Fsp3) is 0.200. The molecule has 0 aromatic heterocycles. The Labute approximate surface area is 150 Å². The fourth-order valence-corrected chi connectivity index (χ4v) is 3.90. The third-order valence-electron chi connectivity index (χ3n) is 5.16. The minimum atomic E-state index is 0.571. The van der Waals surface area contributed by atoms with E-state index in [2.05, 4.69) is 92.7 Å². The van der Waals surface area contributed by atoms with Crippen molar-refractivity contribution in [1.29, 1.82) is 0 Å². The molecular weight excluding hydrogens is 300 g/mol. The lowest BCUT2D eigenvalue weighted by molar-refractivity contribution is 0.855. The molecule has 0 saturated carbocycles. The maximum atomic E-state index is 2.39. The van der Waals surface area contributed by atoms with Crippen molar-refractivity contribution in [2.75, 3.05) is 0 Å². The zero-order valence-electron chi connectivity index (χ0n) is 15.0. The van der Waals surface area contributed by atoms with Crippen molar-refractivity contribution in [2.45, 2.75) is 32.6 Å². The minimum absolute atomic E-state index is 0.571. The first-order chi connectivity index (χ1) is 12.2. The van der Waals surface area contributed by atoms with Crippen molar-refractivity contribution in [3.05, 3.63) is 93.9 Å². The molecule has 0 radical (unpaired) electrons. The van der Waals surface area contributed by atoms with Gasteiger partial charge >= 0.3 is 0 Å². The van der Waals surface area contributed by atoms with Crippen LogP contribution in [0.1, 0.15) is 42.9 Å². The van der Waals surface area contributed by atoms with E-state index in [9.17, 15) is 0 Å². The third kappa shape index (κ3) is 3.05. The number of hydrogen-bond acceptors (Lipinski definition) is 0. The van der Waals surface area contributed by atoms with Gasteiger partial charge in [0.2, 0.25) is 0 Å². The zero-order valence-corrected chi connectivity index (χ0v) is 15.0. The molecule has 0 amide bonds. The molecule has 0 N–H and O–H groups in total. The quantitative estimate of drug-likeness (QED) is 0.631. The van der Waals surface area contributed by atoms with Gasteiger partial charge in [0.15, 0.2) is 0 Å². The Morgan fingerprint density at radius 1 is 0.720 bits per heavy atom. The summed E-state index contributed by atoms with van der Waals surface area (Å²) >= 11 is 0. The van der Waals surface area contributed by atoms with E-state index in [1.165, 1.54) is 38.3 Å². The van der Waals surface area contributed by atoms with E-state index in [0.29, 0.717) is 5.92 Å². The largest absolute Gasteiger partial charge is 0.0726 e. The molecule has 1 aliphatic rings. The maximum Gasteiger partial charge on any atom is -0.00136 e. The lowest BCUT2D eigenvalue weighted by Crippen LogP contribution is -2.30. The van der Waals surface area contributed by atoms with Gasteiger partial charge in [0.25, 0.3) is 0 Å². The van der Waals surface area contributed by atoms with Gasteiger partial charge in [-0.1, -0.05) is 92.7 Å². The maximum absolute atomic E-state index is 2.39. The molecule has 1 aliphatic carbocycles. The molecule has 0 heterocycles. The lowest BCUT2D eigenvalue weighted by atomic mass is 9.92. The highest BCUT2D eigenvalue weighted by Crippen LogP contribution is 2.25. The van der Waals surface area contributed by atoms with Crippen LogP contribution < -0.4 is 10.4 Å². The summed E-state index contributed by atoms with van der Waals surface area (Å²) in [7, 11) is 0. The lowest BCUT2D eigenvalue weighted by Gasteiger charge is -2.13. The molecule has 0 fully saturated rings. The molecule has 0 aliphatic heterocycles. The normalized spacial score (nSPS) is 12.6. The summed E-state index contributed by atoms with van der Waals surface area (Å²) in [4.78, 5) is 0. The van der Waals surface area contributed by atoms with Crippen LogP contribution >= 0.6 is 0 Å². The average Bonchev–Trinajstić information content (AvgIpc) is 3.13. The summed E-state index contributed by atoms with van der Waals surface area (Å²) in [6.07, 6.45) is 6.82. The van der Waals surface area contributed by atoms with Gasteiger partial charge in [-0.2, -0.15) is 0 Å². The molecule has 0 atom stereocenters. The van der Waals surface area contributed by atoms with Crippen LogP contribution in [0.25, 0.3) is 23.3 Å². The van der Waals surface area contributed by atoms with Crippen LogP contribution in [0, 0.1) is 0 Å². The molecule has 0 unspecified atom stereocenters. The first-order valence-electron chi connectivity index (χ1n) is 9.19. The van der Waals surface area contributed by atoms with Crippen molar-refractivity contribution in [1.82, 2.24) is 0 Å². The Bertz CT molecular complexity index is 1010. The molecule has 3 aromatic rings. The van der Waals surface area contributed by atoms with Gasteiger partial charge in [0.1, 0.15) is 0 Å². The highest BCUT2D eigenvalue weighted by molar-refractivity contribution is 5.68. The van der Waals surface area contributed by atoms with Crippen LogP contribution in [0.3, 0.4) is 0 Å². The highest BCUT2D eigenvalue weighted by atomic mass is 14.2. The number of benzene rings is 3. The second kappa shape index (κ2) is 6.72. The monoisotopic (exact) mass is 324 g/mol. The molecule has 0 spiro atoms. The van der Waals surface area contributed by atoms with Crippen LogP contribution in [0.15, 0.2) is 66.7 Å². The Hall–Kier alpha value is -2.60. The van der Waals surface area contributed by atoms with E-state index in [1.54, 1.807) is 0 Å². The summed E-state index contributed by atoms with van der Waals surface area (Å²) in [6, 6.07) is 24.2. The summed E-state index contributed by atoms with van der Waals surface area (Å²) in [5.74, 6) is 0.571. The van der Waals surface area contributed by atoms with Gasteiger partial charge in [-0.3, -0.25) is 0 Å². The molecular formula is C25H24. The van der Waals surface area contributed by atoms with Crippen molar-refractivity contribution < 1.29 is 0 Å². The van der Waals surface area contributed by atoms with E-state index >= 15 is 0 Å². The van der Waals surface area contributed by atoms with Crippen molar-refractivity contribution in [3.8, 4) is 11.1 Å². The zero-order chi connectivity index (χ0) is 17.2. The standard InChI is InChI=1S/C25H24/c1-18(2)22-16-15-21(24-13-8-14-25(22)24)17-20-11-6-7-12-23(20)19-9-4-3-5-10-19/h3-7,9-16,18H,8,17H2,1-2H3. The molecule has 4 rings (SSSR count). The van der Waals surface area contributed by atoms with Crippen LogP contribution in [0.4, 0.5) is 0 Å². The Kier molecular flexibility index (Phi) is 4.28. The minimum Gasteiger partial charge on any atom is -0.0726 e. The van der Waals surface area contributed by atoms with Gasteiger partial charge in [-0.15, -0.1) is 0 Å². The smallest absolute Gasteiger partial charge is 0.00136 e. The highest BCUT2D eigenvalue weighted by Gasteiger charge is 2.11. The number of hydrogen-bond donors (Lipinski definition) is 0. The topological polar surface area (TPSA) is 0 Å². The van der Waals surface area contributed by atoms with E-state index in [1.807, 2.05) is 0 Å². The number of fused-ring (bicyclic) bond motifs is 1. The predicted octanol–water partition coefficient (Wildman–Crippen LogP) is 5.03. The Balaban J connectivity index is 1.79. The van der Waals surface area contributed by atoms with E-state index < -0.39 is 0 Å². The molecule has 124 valence electrons. The summed E-state index contributed by atoms with van der Waals surface area (Å²) < 4.78 is 0. The van der Waals surface area contributed by atoms with Gasteiger partial charge in [0, 0.05) is 0 Å². The first-order valence-corrected chi connectivity index (χ1v) is 9.19. The van der Waals surface area contributed by atoms with Gasteiger partial charge < -0.3 is 0 Å². The molecule has 3 aromatic carbocycles. The Morgan fingerprint density at radius 3 is 2.24 bits per heavy atom. The molecule has 0 bridgehead atoms. The van der Waals surface area contributed by atoms with Crippen LogP contribution in [0.5, 0.6) is 0 Å². The third-order valence-corrected chi connectivity index (χ3v) is 5.16. The van der Waals surface area contributed by atoms with Crippen molar-refractivity contribution >= 4 is 12.2 Å². The van der Waals surface area contributed by atoms with E-state index in [-0.39, 0.29) is 0 Å². The van der Waals surface area contributed by atoms with E-state index in [4.69, 9.17) is 0 Å². The SMILES string of the molecule is CC(C)c1ccc(Cc2ccccc2-c2ccccc2)c2c1=CCC=2. The van der Waals surface area contributed by atoms with Gasteiger partial charge in [0.05, 0.1) is 0 Å². The van der Waals surface area contributed by atoms with Gasteiger partial charge in [-0.25, -0.2) is 0 Å². The Morgan fingerprint density at radius 2 is 1.44 bits per heavy atom. The molecule has 25 heavy (non-hydrogen) atoms. The van der Waals surface area contributed by atoms with Crippen LogP contribution in [0.2, 0.25) is 0 Å². The second-order valence-corrected chi connectivity index (χ2v) is 7.14. The second-order valence-electron chi connectivity index (χ2n) is 7.14. The van der Waals surface area contributed by atoms with Gasteiger partial charge in [-0.05, 0) is 57.0 Å². The van der Waals surface area contributed by atoms with Crippen LogP contribution in [-0.2, 0) is 6.42 Å².